The highest BCUT2D eigenvalue weighted by Crippen LogP contribution is 2.27. The number of thioether (sulfide) groups is 1. The molecule has 0 aliphatic carbocycles. The zero-order chi connectivity index (χ0) is 10.8. The van der Waals surface area contributed by atoms with Crippen LogP contribution in [0.4, 0.5) is 0 Å². The molecule has 1 aliphatic heterocycles. The third-order valence-electron chi connectivity index (χ3n) is 2.74. The molecule has 0 aromatic carbocycles. The molecule has 0 N–H and O–H groups in total. The fourth-order valence-electron chi connectivity index (χ4n) is 1.95. The van der Waals surface area contributed by atoms with Crippen molar-refractivity contribution >= 4 is 17.5 Å². The van der Waals surface area contributed by atoms with Crippen LogP contribution in [0.15, 0.2) is 6.07 Å². The summed E-state index contributed by atoms with van der Waals surface area (Å²) in [4.78, 5) is 11.9. The highest BCUT2D eigenvalue weighted by atomic mass is 32.2. The lowest BCUT2D eigenvalue weighted by Gasteiger charge is -2.06. The molecule has 0 radical (unpaired) electrons. The van der Waals surface area contributed by atoms with Gasteiger partial charge in [-0.2, -0.15) is 16.9 Å². The molecule has 82 valence electrons. The molecule has 1 saturated heterocycles. The first kappa shape index (κ1) is 10.7. The summed E-state index contributed by atoms with van der Waals surface area (Å²) in [6, 6.07) is 2.00. The van der Waals surface area contributed by atoms with Gasteiger partial charge in [0, 0.05) is 19.2 Å². The van der Waals surface area contributed by atoms with Crippen molar-refractivity contribution in [3.63, 3.8) is 0 Å². The fraction of sp³-hybridized carbons (Fsp3) is 0.636. The Morgan fingerprint density at radius 1 is 1.73 bits per heavy atom. The van der Waals surface area contributed by atoms with E-state index in [1.807, 2.05) is 24.7 Å². The third-order valence-corrected chi connectivity index (χ3v) is 4.17. The van der Waals surface area contributed by atoms with Gasteiger partial charge in [-0.15, -0.1) is 0 Å². The summed E-state index contributed by atoms with van der Waals surface area (Å²) in [7, 11) is 1.90. The predicted molar refractivity (Wildman–Crippen MR) is 62.1 cm³/mol. The van der Waals surface area contributed by atoms with E-state index >= 15 is 0 Å². The molecular formula is C11H16N2OS. The molecule has 0 bridgehead atoms. The van der Waals surface area contributed by atoms with Gasteiger partial charge in [-0.05, 0) is 31.6 Å². The molecule has 0 saturated carbocycles. The van der Waals surface area contributed by atoms with E-state index in [-0.39, 0.29) is 5.25 Å². The van der Waals surface area contributed by atoms with Crippen LogP contribution in [-0.2, 0) is 18.3 Å². The highest BCUT2D eigenvalue weighted by Gasteiger charge is 2.23. The predicted octanol–water partition coefficient (Wildman–Crippen LogP) is 1.74. The number of carbonyl (C=O) groups excluding carboxylic acids is 1. The molecular weight excluding hydrogens is 208 g/mol. The number of ketones is 1. The van der Waals surface area contributed by atoms with Gasteiger partial charge in [-0.25, -0.2) is 0 Å². The summed E-state index contributed by atoms with van der Waals surface area (Å²) >= 11 is 1.80. The third kappa shape index (κ3) is 2.43. The zero-order valence-electron chi connectivity index (χ0n) is 9.19. The van der Waals surface area contributed by atoms with E-state index < -0.39 is 0 Å². The van der Waals surface area contributed by atoms with Crippen molar-refractivity contribution < 1.29 is 4.79 Å². The Hall–Kier alpha value is -0.770. The van der Waals surface area contributed by atoms with Crippen molar-refractivity contribution in [2.45, 2.75) is 31.4 Å². The van der Waals surface area contributed by atoms with Crippen LogP contribution < -0.4 is 0 Å². The quantitative estimate of drug-likeness (QED) is 0.784. The average Bonchev–Trinajstić information content (AvgIpc) is 2.76. The van der Waals surface area contributed by atoms with Crippen LogP contribution in [-0.4, -0.2) is 26.6 Å². The van der Waals surface area contributed by atoms with Crippen molar-refractivity contribution in [1.82, 2.24) is 9.78 Å². The van der Waals surface area contributed by atoms with E-state index in [1.54, 1.807) is 11.8 Å². The number of nitrogens with zero attached hydrogens (tertiary/aromatic N) is 2. The van der Waals surface area contributed by atoms with Crippen LogP contribution in [0, 0.1) is 6.92 Å². The van der Waals surface area contributed by atoms with Gasteiger partial charge in [0.2, 0.25) is 0 Å². The van der Waals surface area contributed by atoms with Crippen LogP contribution in [0.3, 0.4) is 0 Å². The Balaban J connectivity index is 2.01. The van der Waals surface area contributed by atoms with Gasteiger partial charge in [0.1, 0.15) is 0 Å². The molecule has 2 rings (SSSR count). The van der Waals surface area contributed by atoms with E-state index in [9.17, 15) is 4.79 Å². The van der Waals surface area contributed by atoms with E-state index in [0.29, 0.717) is 12.2 Å². The number of hydrogen-bond acceptors (Lipinski definition) is 3. The van der Waals surface area contributed by atoms with Crippen LogP contribution in [0.5, 0.6) is 0 Å². The van der Waals surface area contributed by atoms with Crippen molar-refractivity contribution in [3.05, 3.63) is 17.5 Å². The van der Waals surface area contributed by atoms with Crippen LogP contribution in [0.25, 0.3) is 0 Å². The second-order valence-electron chi connectivity index (χ2n) is 4.05. The molecule has 1 aromatic rings. The number of rotatable bonds is 3. The minimum atomic E-state index is 0.236. The van der Waals surface area contributed by atoms with Gasteiger partial charge < -0.3 is 0 Å². The number of hydrogen-bond donors (Lipinski definition) is 0. The summed E-state index contributed by atoms with van der Waals surface area (Å²) in [5, 5.41) is 4.48. The second-order valence-corrected chi connectivity index (χ2v) is 5.36. The summed E-state index contributed by atoms with van der Waals surface area (Å²) < 4.78 is 1.81. The first-order chi connectivity index (χ1) is 7.16. The molecule has 1 aromatic heterocycles. The second kappa shape index (κ2) is 4.39. The highest BCUT2D eigenvalue weighted by molar-refractivity contribution is 8.00. The average molecular weight is 224 g/mol. The molecule has 1 aliphatic rings. The first-order valence-electron chi connectivity index (χ1n) is 5.30. The van der Waals surface area contributed by atoms with Gasteiger partial charge in [-0.1, -0.05) is 0 Å². The molecule has 3 nitrogen and oxygen atoms in total. The zero-order valence-corrected chi connectivity index (χ0v) is 10.0. The maximum atomic E-state index is 11.9. The Bertz CT molecular complexity index is 367. The number of carbonyl (C=O) groups is 1. The molecule has 1 unspecified atom stereocenters. The topological polar surface area (TPSA) is 34.9 Å². The van der Waals surface area contributed by atoms with Crippen molar-refractivity contribution in [2.24, 2.45) is 7.05 Å². The molecule has 0 amide bonds. The van der Waals surface area contributed by atoms with Gasteiger partial charge in [0.25, 0.3) is 0 Å². The number of aromatic nitrogens is 2. The molecule has 2 heterocycles. The smallest absolute Gasteiger partial charge is 0.151 e. The van der Waals surface area contributed by atoms with Gasteiger partial charge in [0.15, 0.2) is 5.78 Å². The first-order valence-corrected chi connectivity index (χ1v) is 6.35. The van der Waals surface area contributed by atoms with E-state index in [0.717, 1.165) is 23.6 Å². The monoisotopic (exact) mass is 224 g/mol. The Kier molecular flexibility index (Phi) is 3.14. The summed E-state index contributed by atoms with van der Waals surface area (Å²) in [5.41, 5.74) is 2.02. The van der Waals surface area contributed by atoms with Crippen LogP contribution in [0.2, 0.25) is 0 Å². The van der Waals surface area contributed by atoms with Crippen molar-refractivity contribution in [2.75, 3.05) is 5.75 Å². The minimum Gasteiger partial charge on any atom is -0.298 e. The molecule has 0 spiro atoms. The number of aryl methyl sites for hydroxylation is 2. The lowest BCUT2D eigenvalue weighted by Crippen LogP contribution is -2.18. The molecule has 1 fully saturated rings. The van der Waals surface area contributed by atoms with Gasteiger partial charge >= 0.3 is 0 Å². The fourth-order valence-corrected chi connectivity index (χ4v) is 3.17. The van der Waals surface area contributed by atoms with Crippen LogP contribution >= 0.6 is 11.8 Å². The lowest BCUT2D eigenvalue weighted by atomic mass is 10.1. The normalized spacial score (nSPS) is 20.8. The van der Waals surface area contributed by atoms with Gasteiger partial charge in [0.05, 0.1) is 10.9 Å². The standard InChI is InChI=1S/C11H16N2OS/c1-8-6-9(13(2)12-8)7-10(14)11-4-3-5-15-11/h6,11H,3-5,7H2,1-2H3. The van der Waals surface area contributed by atoms with Gasteiger partial charge in [-0.3, -0.25) is 9.48 Å². The Morgan fingerprint density at radius 2 is 2.53 bits per heavy atom. The molecule has 15 heavy (non-hydrogen) atoms. The largest absolute Gasteiger partial charge is 0.298 e. The van der Waals surface area contributed by atoms with Crippen LogP contribution in [0.1, 0.15) is 24.2 Å². The van der Waals surface area contributed by atoms with E-state index in [2.05, 4.69) is 5.10 Å². The van der Waals surface area contributed by atoms with E-state index in [4.69, 9.17) is 0 Å². The number of Topliss-reactive ketones (excluding diaryl/α,β-unsaturated/α-hetero) is 1. The maximum Gasteiger partial charge on any atom is 0.151 e. The van der Waals surface area contributed by atoms with Crippen molar-refractivity contribution in [3.8, 4) is 0 Å². The maximum absolute atomic E-state index is 11.9. The summed E-state index contributed by atoms with van der Waals surface area (Å²) in [6.07, 6.45) is 2.78. The Morgan fingerprint density at radius 3 is 3.07 bits per heavy atom. The summed E-state index contributed by atoms with van der Waals surface area (Å²) in [6.45, 7) is 1.96. The lowest BCUT2D eigenvalue weighted by molar-refractivity contribution is -0.118. The molecule has 1 atom stereocenters. The SMILES string of the molecule is Cc1cc(CC(=O)C2CCCS2)n(C)n1. The van der Waals surface area contributed by atoms with E-state index in [1.165, 1.54) is 6.42 Å². The van der Waals surface area contributed by atoms with Crippen molar-refractivity contribution in [1.29, 1.82) is 0 Å². The Labute approximate surface area is 94.2 Å². The summed E-state index contributed by atoms with van der Waals surface area (Å²) in [5.74, 6) is 1.50. The molecule has 4 heteroatoms. The minimum absolute atomic E-state index is 0.236.